The van der Waals surface area contributed by atoms with Gasteiger partial charge >= 0.3 is 0 Å². The van der Waals surface area contributed by atoms with E-state index in [0.29, 0.717) is 12.6 Å². The van der Waals surface area contributed by atoms with E-state index in [1.165, 1.54) is 0 Å². The first-order chi connectivity index (χ1) is 7.20. The Morgan fingerprint density at radius 3 is 2.73 bits per heavy atom. The molecule has 0 rings (SSSR count). The van der Waals surface area contributed by atoms with E-state index in [4.69, 9.17) is 4.74 Å². The van der Waals surface area contributed by atoms with Crippen molar-refractivity contribution in [3.8, 4) is 0 Å². The number of carbonyl (C=O) groups is 1. The first-order valence-corrected chi connectivity index (χ1v) is 5.69. The molecule has 15 heavy (non-hydrogen) atoms. The second-order valence-electron chi connectivity index (χ2n) is 3.74. The molecule has 1 unspecified atom stereocenters. The molecule has 0 radical (unpaired) electrons. The molecule has 1 amide bonds. The van der Waals surface area contributed by atoms with Gasteiger partial charge in [0.05, 0.1) is 6.54 Å². The number of unbranched alkanes of at least 4 members (excludes halogenated alkanes) is 1. The fourth-order valence-corrected chi connectivity index (χ4v) is 1.07. The smallest absolute Gasteiger partial charge is 0.233 e. The molecule has 2 N–H and O–H groups in total. The highest BCUT2D eigenvalue weighted by Gasteiger charge is 2.02. The molecule has 0 saturated heterocycles. The molecule has 0 aliphatic carbocycles. The normalized spacial score (nSPS) is 12.5. The lowest BCUT2D eigenvalue weighted by molar-refractivity contribution is -0.120. The third-order valence-corrected chi connectivity index (χ3v) is 2.32. The Labute approximate surface area is 92.8 Å². The Bertz CT molecular complexity index is 163. The third-order valence-electron chi connectivity index (χ3n) is 2.32. The number of rotatable bonds is 9. The van der Waals surface area contributed by atoms with Crippen molar-refractivity contribution in [2.45, 2.75) is 39.2 Å². The molecule has 0 aromatic heterocycles. The number of amides is 1. The second-order valence-corrected chi connectivity index (χ2v) is 3.74. The summed E-state index contributed by atoms with van der Waals surface area (Å²) in [6.45, 7) is 6.09. The van der Waals surface area contributed by atoms with Crippen molar-refractivity contribution in [3.05, 3.63) is 0 Å². The van der Waals surface area contributed by atoms with Gasteiger partial charge in [-0.1, -0.05) is 6.92 Å². The van der Waals surface area contributed by atoms with Crippen LogP contribution in [0.5, 0.6) is 0 Å². The lowest BCUT2D eigenvalue weighted by Crippen LogP contribution is -2.38. The van der Waals surface area contributed by atoms with Crippen LogP contribution in [0.2, 0.25) is 0 Å². The van der Waals surface area contributed by atoms with Gasteiger partial charge < -0.3 is 15.4 Å². The summed E-state index contributed by atoms with van der Waals surface area (Å²) < 4.78 is 4.92. The largest absolute Gasteiger partial charge is 0.385 e. The topological polar surface area (TPSA) is 50.4 Å². The third kappa shape index (κ3) is 9.69. The van der Waals surface area contributed by atoms with E-state index in [1.54, 1.807) is 7.11 Å². The summed E-state index contributed by atoms with van der Waals surface area (Å²) in [5.74, 6) is 0.0766. The molecule has 0 spiro atoms. The zero-order chi connectivity index (χ0) is 11.5. The summed E-state index contributed by atoms with van der Waals surface area (Å²) in [5.41, 5.74) is 0. The lowest BCUT2D eigenvalue weighted by Gasteiger charge is -2.11. The van der Waals surface area contributed by atoms with Crippen LogP contribution in [0.1, 0.15) is 33.1 Å². The monoisotopic (exact) mass is 216 g/mol. The standard InChI is InChI=1S/C11H24N2O2/c1-4-10(2)13-9-11(14)12-7-5-6-8-15-3/h10,13H,4-9H2,1-3H3,(H,12,14). The quantitative estimate of drug-likeness (QED) is 0.563. The summed E-state index contributed by atoms with van der Waals surface area (Å²) in [6.07, 6.45) is 3.01. The van der Waals surface area contributed by atoms with Gasteiger partial charge in [0.1, 0.15) is 0 Å². The highest BCUT2D eigenvalue weighted by Crippen LogP contribution is 1.88. The van der Waals surface area contributed by atoms with Crippen LogP contribution in [0.15, 0.2) is 0 Å². The Kier molecular flexibility index (Phi) is 9.52. The van der Waals surface area contributed by atoms with E-state index in [2.05, 4.69) is 24.5 Å². The maximum Gasteiger partial charge on any atom is 0.233 e. The zero-order valence-corrected chi connectivity index (χ0v) is 10.1. The van der Waals surface area contributed by atoms with Gasteiger partial charge in [-0.2, -0.15) is 0 Å². The van der Waals surface area contributed by atoms with Crippen molar-refractivity contribution < 1.29 is 9.53 Å². The van der Waals surface area contributed by atoms with Gasteiger partial charge in [0.2, 0.25) is 5.91 Å². The van der Waals surface area contributed by atoms with Gasteiger partial charge in [0.25, 0.3) is 0 Å². The molecule has 4 nitrogen and oxygen atoms in total. The van der Waals surface area contributed by atoms with Crippen LogP contribution in [0.25, 0.3) is 0 Å². The Morgan fingerprint density at radius 2 is 2.13 bits per heavy atom. The van der Waals surface area contributed by atoms with Crippen LogP contribution in [-0.4, -0.2) is 38.8 Å². The van der Waals surface area contributed by atoms with Gasteiger partial charge in [-0.25, -0.2) is 0 Å². The predicted octanol–water partition coefficient (Wildman–Crippen LogP) is 0.917. The average molecular weight is 216 g/mol. The molecule has 0 fully saturated rings. The van der Waals surface area contributed by atoms with E-state index in [9.17, 15) is 4.79 Å². The Morgan fingerprint density at radius 1 is 1.40 bits per heavy atom. The molecule has 0 saturated carbocycles. The summed E-state index contributed by atoms with van der Waals surface area (Å²) in [7, 11) is 1.69. The lowest BCUT2D eigenvalue weighted by atomic mass is 10.2. The Balaban J connectivity index is 3.26. The zero-order valence-electron chi connectivity index (χ0n) is 10.1. The molecular weight excluding hydrogens is 192 g/mol. The number of ether oxygens (including phenoxy) is 1. The Hall–Kier alpha value is -0.610. The minimum absolute atomic E-state index is 0.0766. The van der Waals surface area contributed by atoms with Crippen LogP contribution >= 0.6 is 0 Å². The van der Waals surface area contributed by atoms with E-state index in [-0.39, 0.29) is 5.91 Å². The molecule has 0 aliphatic heterocycles. The van der Waals surface area contributed by atoms with Crippen LogP contribution in [0, 0.1) is 0 Å². The number of nitrogens with one attached hydrogen (secondary N) is 2. The van der Waals surface area contributed by atoms with Gasteiger partial charge in [-0.3, -0.25) is 4.79 Å². The maximum atomic E-state index is 11.3. The van der Waals surface area contributed by atoms with Crippen LogP contribution < -0.4 is 10.6 Å². The van der Waals surface area contributed by atoms with Crippen molar-refractivity contribution in [3.63, 3.8) is 0 Å². The maximum absolute atomic E-state index is 11.3. The van der Waals surface area contributed by atoms with Crippen LogP contribution in [0.4, 0.5) is 0 Å². The first kappa shape index (κ1) is 14.4. The van der Waals surface area contributed by atoms with Crippen molar-refractivity contribution in [2.75, 3.05) is 26.8 Å². The summed E-state index contributed by atoms with van der Waals surface area (Å²) in [4.78, 5) is 11.3. The molecule has 0 aromatic rings. The molecular formula is C11H24N2O2. The van der Waals surface area contributed by atoms with Gasteiger partial charge in [0.15, 0.2) is 0 Å². The summed E-state index contributed by atoms with van der Waals surface area (Å²) >= 11 is 0. The highest BCUT2D eigenvalue weighted by molar-refractivity contribution is 5.77. The highest BCUT2D eigenvalue weighted by atomic mass is 16.5. The van der Waals surface area contributed by atoms with Crippen molar-refractivity contribution in [1.82, 2.24) is 10.6 Å². The van der Waals surface area contributed by atoms with Crippen molar-refractivity contribution in [2.24, 2.45) is 0 Å². The van der Waals surface area contributed by atoms with Crippen molar-refractivity contribution >= 4 is 5.91 Å². The van der Waals surface area contributed by atoms with Crippen LogP contribution in [0.3, 0.4) is 0 Å². The van der Waals surface area contributed by atoms with E-state index >= 15 is 0 Å². The molecule has 0 heterocycles. The minimum atomic E-state index is 0.0766. The average Bonchev–Trinajstić information content (AvgIpc) is 2.25. The second kappa shape index (κ2) is 9.93. The fourth-order valence-electron chi connectivity index (χ4n) is 1.07. The summed E-state index contributed by atoms with van der Waals surface area (Å²) in [5, 5.41) is 6.01. The van der Waals surface area contributed by atoms with Gasteiger partial charge in [-0.05, 0) is 26.2 Å². The summed E-state index contributed by atoms with van der Waals surface area (Å²) in [6, 6.07) is 0.407. The minimum Gasteiger partial charge on any atom is -0.385 e. The molecule has 90 valence electrons. The molecule has 0 bridgehead atoms. The van der Waals surface area contributed by atoms with E-state index in [0.717, 1.165) is 32.4 Å². The molecule has 4 heteroatoms. The number of carbonyl (C=O) groups excluding carboxylic acids is 1. The molecule has 0 aliphatic rings. The van der Waals surface area contributed by atoms with E-state index < -0.39 is 0 Å². The number of hydrogen-bond donors (Lipinski definition) is 2. The number of hydrogen-bond acceptors (Lipinski definition) is 3. The molecule has 0 aromatic carbocycles. The molecule has 1 atom stereocenters. The first-order valence-electron chi connectivity index (χ1n) is 5.69. The predicted molar refractivity (Wildman–Crippen MR) is 61.9 cm³/mol. The van der Waals surface area contributed by atoms with Crippen molar-refractivity contribution in [1.29, 1.82) is 0 Å². The van der Waals surface area contributed by atoms with Gasteiger partial charge in [0, 0.05) is 26.3 Å². The van der Waals surface area contributed by atoms with Gasteiger partial charge in [-0.15, -0.1) is 0 Å². The fraction of sp³-hybridized carbons (Fsp3) is 0.909. The number of methoxy groups -OCH3 is 1. The van der Waals surface area contributed by atoms with Crippen LogP contribution in [-0.2, 0) is 9.53 Å². The van der Waals surface area contributed by atoms with E-state index in [1.807, 2.05) is 0 Å². The SMILES string of the molecule is CCC(C)NCC(=O)NCCCCOC.